The molecule has 2 heterocycles. The van der Waals surface area contributed by atoms with Crippen LogP contribution in [-0.2, 0) is 11.3 Å². The molecule has 2 aromatic heterocycles. The van der Waals surface area contributed by atoms with Gasteiger partial charge in [0.1, 0.15) is 0 Å². The molecule has 0 radical (unpaired) electrons. The SMILES string of the molecule is CCCCCCCCC=CCCCCCCCC(=O)Nc1nnc(NCc2cccnc2)s1. The van der Waals surface area contributed by atoms with Crippen molar-refractivity contribution in [1.82, 2.24) is 15.2 Å². The van der Waals surface area contributed by atoms with Crippen molar-refractivity contribution in [2.75, 3.05) is 10.6 Å². The van der Waals surface area contributed by atoms with Gasteiger partial charge < -0.3 is 10.6 Å². The minimum Gasteiger partial charge on any atom is -0.356 e. The first-order valence-electron chi connectivity index (χ1n) is 12.7. The summed E-state index contributed by atoms with van der Waals surface area (Å²) >= 11 is 1.35. The highest BCUT2D eigenvalue weighted by atomic mass is 32.1. The van der Waals surface area contributed by atoms with Gasteiger partial charge >= 0.3 is 0 Å². The van der Waals surface area contributed by atoms with Crippen LogP contribution in [0.3, 0.4) is 0 Å². The number of anilines is 2. The number of unbranched alkanes of at least 4 members (excludes halogenated alkanes) is 11. The third kappa shape index (κ3) is 13.8. The number of carbonyl (C=O) groups is 1. The Hall–Kier alpha value is -2.28. The van der Waals surface area contributed by atoms with Crippen molar-refractivity contribution in [2.45, 2.75) is 103 Å². The number of aromatic nitrogens is 3. The van der Waals surface area contributed by atoms with Crippen molar-refractivity contribution in [3.8, 4) is 0 Å². The third-order valence-electron chi connectivity index (χ3n) is 5.50. The van der Waals surface area contributed by atoms with Crippen LogP contribution in [0, 0.1) is 0 Å². The molecule has 0 fully saturated rings. The van der Waals surface area contributed by atoms with Crippen LogP contribution < -0.4 is 10.6 Å². The van der Waals surface area contributed by atoms with Crippen LogP contribution in [0.1, 0.15) is 102 Å². The molecule has 0 unspecified atom stereocenters. The molecule has 0 saturated heterocycles. The van der Waals surface area contributed by atoms with Crippen molar-refractivity contribution >= 4 is 27.5 Å². The third-order valence-corrected chi connectivity index (χ3v) is 6.30. The van der Waals surface area contributed by atoms with Crippen LogP contribution in [-0.4, -0.2) is 21.1 Å². The van der Waals surface area contributed by atoms with Crippen LogP contribution in [0.2, 0.25) is 0 Å². The summed E-state index contributed by atoms with van der Waals surface area (Å²) < 4.78 is 0. The molecule has 0 spiro atoms. The fraction of sp³-hybridized carbons (Fsp3) is 0.615. The van der Waals surface area contributed by atoms with Gasteiger partial charge in [-0.1, -0.05) is 87.8 Å². The Morgan fingerprint density at radius 2 is 1.58 bits per heavy atom. The van der Waals surface area contributed by atoms with Crippen molar-refractivity contribution in [1.29, 1.82) is 0 Å². The number of allylic oxidation sites excluding steroid dienone is 2. The summed E-state index contributed by atoms with van der Waals surface area (Å²) in [4.78, 5) is 16.2. The summed E-state index contributed by atoms with van der Waals surface area (Å²) in [5, 5.41) is 15.4. The maximum Gasteiger partial charge on any atom is 0.226 e. The van der Waals surface area contributed by atoms with Gasteiger partial charge in [-0.15, -0.1) is 10.2 Å². The van der Waals surface area contributed by atoms with E-state index in [0.29, 0.717) is 23.2 Å². The average molecular weight is 472 g/mol. The van der Waals surface area contributed by atoms with E-state index in [4.69, 9.17) is 0 Å². The Labute approximate surface area is 203 Å². The predicted octanol–water partition coefficient (Wildman–Crippen LogP) is 7.52. The number of rotatable bonds is 19. The number of hydrogen-bond donors (Lipinski definition) is 2. The topological polar surface area (TPSA) is 79.8 Å². The largest absolute Gasteiger partial charge is 0.356 e. The van der Waals surface area contributed by atoms with Gasteiger partial charge in [-0.25, -0.2) is 0 Å². The number of nitrogens with one attached hydrogen (secondary N) is 2. The zero-order chi connectivity index (χ0) is 23.4. The van der Waals surface area contributed by atoms with Gasteiger partial charge in [0, 0.05) is 25.4 Å². The zero-order valence-corrected chi connectivity index (χ0v) is 21.0. The Bertz CT molecular complexity index is 778. The quantitative estimate of drug-likeness (QED) is 0.164. The van der Waals surface area contributed by atoms with Gasteiger partial charge in [0.15, 0.2) is 0 Å². The predicted molar refractivity (Wildman–Crippen MR) is 140 cm³/mol. The summed E-state index contributed by atoms with van der Waals surface area (Å²) in [5.74, 6) is 0.0163. The Morgan fingerprint density at radius 3 is 2.27 bits per heavy atom. The van der Waals surface area contributed by atoms with Gasteiger partial charge in [0.2, 0.25) is 16.2 Å². The van der Waals surface area contributed by atoms with Crippen molar-refractivity contribution < 1.29 is 4.79 Å². The van der Waals surface area contributed by atoms with E-state index >= 15 is 0 Å². The smallest absolute Gasteiger partial charge is 0.226 e. The molecule has 7 heteroatoms. The lowest BCUT2D eigenvalue weighted by atomic mass is 10.1. The second-order valence-corrected chi connectivity index (χ2v) is 9.49. The van der Waals surface area contributed by atoms with Crippen LogP contribution in [0.4, 0.5) is 10.3 Å². The Morgan fingerprint density at radius 1 is 0.909 bits per heavy atom. The minimum absolute atomic E-state index is 0.0163. The van der Waals surface area contributed by atoms with Crippen molar-refractivity contribution in [3.05, 3.63) is 42.2 Å². The molecule has 182 valence electrons. The molecule has 33 heavy (non-hydrogen) atoms. The highest BCUT2D eigenvalue weighted by Gasteiger charge is 2.08. The summed E-state index contributed by atoms with van der Waals surface area (Å²) in [6.07, 6.45) is 25.1. The normalized spacial score (nSPS) is 11.2. The number of amides is 1. The molecule has 0 aliphatic carbocycles. The van der Waals surface area contributed by atoms with E-state index in [2.05, 4.69) is 44.9 Å². The minimum atomic E-state index is 0.0163. The molecule has 1 amide bonds. The van der Waals surface area contributed by atoms with E-state index in [1.807, 2.05) is 18.3 Å². The molecular formula is C26H41N5OS. The fourth-order valence-electron chi connectivity index (χ4n) is 3.56. The van der Waals surface area contributed by atoms with E-state index < -0.39 is 0 Å². The first kappa shape index (κ1) is 27.0. The highest BCUT2D eigenvalue weighted by Crippen LogP contribution is 2.21. The summed E-state index contributed by atoms with van der Waals surface area (Å²) in [6, 6.07) is 3.90. The first-order valence-corrected chi connectivity index (χ1v) is 13.5. The van der Waals surface area contributed by atoms with Crippen LogP contribution in [0.5, 0.6) is 0 Å². The monoisotopic (exact) mass is 471 g/mol. The number of hydrogen-bond acceptors (Lipinski definition) is 6. The highest BCUT2D eigenvalue weighted by molar-refractivity contribution is 7.19. The van der Waals surface area contributed by atoms with Crippen LogP contribution in [0.25, 0.3) is 0 Å². The zero-order valence-electron chi connectivity index (χ0n) is 20.2. The summed E-state index contributed by atoms with van der Waals surface area (Å²) in [5.41, 5.74) is 1.07. The molecule has 0 aliphatic heterocycles. The van der Waals surface area contributed by atoms with E-state index in [-0.39, 0.29) is 5.91 Å². The second kappa shape index (κ2) is 18.2. The molecule has 2 N–H and O–H groups in total. The Balaban J connectivity index is 1.41. The van der Waals surface area contributed by atoms with Crippen molar-refractivity contribution in [2.24, 2.45) is 0 Å². The average Bonchev–Trinajstić information content (AvgIpc) is 3.28. The summed E-state index contributed by atoms with van der Waals surface area (Å²) in [6.45, 7) is 2.90. The molecule has 0 saturated carbocycles. The lowest BCUT2D eigenvalue weighted by Crippen LogP contribution is -2.10. The molecule has 2 rings (SSSR count). The maximum atomic E-state index is 12.1. The van der Waals surface area contributed by atoms with E-state index in [9.17, 15) is 4.79 Å². The van der Waals surface area contributed by atoms with E-state index in [1.54, 1.807) is 6.20 Å². The van der Waals surface area contributed by atoms with Crippen LogP contribution >= 0.6 is 11.3 Å². The summed E-state index contributed by atoms with van der Waals surface area (Å²) in [7, 11) is 0. The molecule has 2 aromatic rings. The molecule has 6 nitrogen and oxygen atoms in total. The number of nitrogens with zero attached hydrogens (tertiary/aromatic N) is 3. The van der Waals surface area contributed by atoms with Gasteiger partial charge in [-0.05, 0) is 43.7 Å². The van der Waals surface area contributed by atoms with Gasteiger partial charge in [-0.2, -0.15) is 0 Å². The molecule has 0 aromatic carbocycles. The fourth-order valence-corrected chi connectivity index (χ4v) is 4.22. The molecular weight excluding hydrogens is 430 g/mol. The molecule has 0 aliphatic rings. The molecule has 0 atom stereocenters. The maximum absolute atomic E-state index is 12.1. The van der Waals surface area contributed by atoms with Crippen molar-refractivity contribution in [3.63, 3.8) is 0 Å². The first-order chi connectivity index (χ1) is 16.3. The van der Waals surface area contributed by atoms with Gasteiger partial charge in [0.25, 0.3) is 0 Å². The van der Waals surface area contributed by atoms with E-state index in [0.717, 1.165) is 18.4 Å². The second-order valence-electron chi connectivity index (χ2n) is 8.51. The lowest BCUT2D eigenvalue weighted by Gasteiger charge is -2.02. The van der Waals surface area contributed by atoms with Gasteiger partial charge in [0.05, 0.1) is 0 Å². The van der Waals surface area contributed by atoms with E-state index in [1.165, 1.54) is 82.0 Å². The van der Waals surface area contributed by atoms with Crippen LogP contribution in [0.15, 0.2) is 36.7 Å². The lowest BCUT2D eigenvalue weighted by molar-refractivity contribution is -0.116. The number of pyridine rings is 1. The standard InChI is InChI=1S/C26H41N5OS/c1-2-3-4-5-6-7-8-9-10-11-12-13-14-15-16-19-24(32)29-26-31-30-25(33-26)28-22-23-18-17-20-27-21-23/h9-10,17-18,20-21H,2-8,11-16,19,22H2,1H3,(H,28,30)(H,29,31,32). The van der Waals surface area contributed by atoms with Gasteiger partial charge in [-0.3, -0.25) is 9.78 Å². The Kier molecular flexibility index (Phi) is 14.9. The molecule has 0 bridgehead atoms. The number of carbonyl (C=O) groups excluding carboxylic acids is 1.